The molecule has 1 fully saturated rings. The van der Waals surface area contributed by atoms with E-state index < -0.39 is 0 Å². The van der Waals surface area contributed by atoms with Gasteiger partial charge in [0.25, 0.3) is 0 Å². The van der Waals surface area contributed by atoms with Gasteiger partial charge >= 0.3 is 0 Å². The summed E-state index contributed by atoms with van der Waals surface area (Å²) < 4.78 is 5.34. The van der Waals surface area contributed by atoms with Gasteiger partial charge in [0.2, 0.25) is 0 Å². The number of rotatable bonds is 2. The Balaban J connectivity index is 2.07. The summed E-state index contributed by atoms with van der Waals surface area (Å²) in [6.07, 6.45) is 1.70. The molecule has 0 aliphatic carbocycles. The molecule has 1 saturated heterocycles. The minimum absolute atomic E-state index is 0.0435. The van der Waals surface area contributed by atoms with Crippen LogP contribution in [0.4, 0.5) is 0 Å². The van der Waals surface area contributed by atoms with Crippen LogP contribution in [0.5, 0.6) is 0 Å². The third kappa shape index (κ3) is 2.09. The van der Waals surface area contributed by atoms with Gasteiger partial charge < -0.3 is 15.2 Å². The highest BCUT2D eigenvalue weighted by atomic mass is 16.5. The van der Waals surface area contributed by atoms with E-state index in [2.05, 4.69) is 10.3 Å². The van der Waals surface area contributed by atoms with Crippen molar-refractivity contribution in [3.63, 3.8) is 0 Å². The molecule has 1 aliphatic rings. The number of hydrogen-bond acceptors (Lipinski definition) is 4. The lowest BCUT2D eigenvalue weighted by Crippen LogP contribution is -2.35. The predicted octanol–water partition coefficient (Wildman–Crippen LogP) is 0.235. The second-order valence-corrected chi connectivity index (χ2v) is 3.33. The van der Waals surface area contributed by atoms with Crippen molar-refractivity contribution < 1.29 is 9.84 Å². The van der Waals surface area contributed by atoms with Crippen LogP contribution in [0.25, 0.3) is 0 Å². The fourth-order valence-electron chi connectivity index (χ4n) is 1.49. The largest absolute Gasteiger partial charge is 0.392 e. The van der Waals surface area contributed by atoms with Gasteiger partial charge in [0.1, 0.15) is 0 Å². The maximum atomic E-state index is 8.86. The molecule has 2 heterocycles. The lowest BCUT2D eigenvalue weighted by molar-refractivity contribution is 0.0756. The maximum absolute atomic E-state index is 8.86. The molecule has 2 N–H and O–H groups in total. The van der Waals surface area contributed by atoms with Crippen molar-refractivity contribution in [2.24, 2.45) is 0 Å². The van der Waals surface area contributed by atoms with E-state index in [1.54, 1.807) is 6.20 Å². The maximum Gasteiger partial charge on any atom is 0.0733 e. The van der Waals surface area contributed by atoms with Gasteiger partial charge in [-0.05, 0) is 11.6 Å². The molecule has 4 nitrogen and oxygen atoms in total. The smallest absolute Gasteiger partial charge is 0.0733 e. The molecule has 0 amide bonds. The van der Waals surface area contributed by atoms with E-state index in [0.29, 0.717) is 6.61 Å². The highest BCUT2D eigenvalue weighted by Gasteiger charge is 2.15. The summed E-state index contributed by atoms with van der Waals surface area (Å²) in [4.78, 5) is 4.27. The van der Waals surface area contributed by atoms with Crippen LogP contribution in [0.3, 0.4) is 0 Å². The fraction of sp³-hybridized carbons (Fsp3) is 0.500. The van der Waals surface area contributed by atoms with Gasteiger partial charge in [0, 0.05) is 12.7 Å². The van der Waals surface area contributed by atoms with Gasteiger partial charge in [0.15, 0.2) is 0 Å². The Hall–Kier alpha value is -0.970. The van der Waals surface area contributed by atoms with E-state index in [4.69, 9.17) is 9.84 Å². The molecule has 1 aromatic rings. The average Bonchev–Trinajstić information content (AvgIpc) is 2.30. The second kappa shape index (κ2) is 4.50. The molecule has 1 atom stereocenters. The Morgan fingerprint density at radius 2 is 2.50 bits per heavy atom. The van der Waals surface area contributed by atoms with Crippen molar-refractivity contribution >= 4 is 0 Å². The van der Waals surface area contributed by atoms with Crippen LogP contribution in [0.15, 0.2) is 18.3 Å². The number of hydrogen-bond donors (Lipinski definition) is 2. The van der Waals surface area contributed by atoms with E-state index in [9.17, 15) is 0 Å². The van der Waals surface area contributed by atoms with Gasteiger partial charge in [-0.2, -0.15) is 0 Å². The third-order valence-corrected chi connectivity index (χ3v) is 2.31. The first-order chi connectivity index (χ1) is 6.90. The normalized spacial score (nSPS) is 22.2. The van der Waals surface area contributed by atoms with Gasteiger partial charge in [-0.15, -0.1) is 0 Å². The van der Waals surface area contributed by atoms with Crippen molar-refractivity contribution in [3.8, 4) is 0 Å². The summed E-state index contributed by atoms with van der Waals surface area (Å²) in [7, 11) is 0. The number of aliphatic hydroxyl groups excluding tert-OH is 1. The monoisotopic (exact) mass is 194 g/mol. The van der Waals surface area contributed by atoms with Crippen molar-refractivity contribution in [3.05, 3.63) is 29.6 Å². The first kappa shape index (κ1) is 9.58. The van der Waals surface area contributed by atoms with Crippen molar-refractivity contribution in [1.29, 1.82) is 0 Å². The van der Waals surface area contributed by atoms with Gasteiger partial charge in [-0.1, -0.05) is 6.07 Å². The first-order valence-electron chi connectivity index (χ1n) is 4.77. The van der Waals surface area contributed by atoms with Gasteiger partial charge in [-0.3, -0.25) is 4.98 Å². The van der Waals surface area contributed by atoms with Crippen LogP contribution < -0.4 is 5.32 Å². The van der Waals surface area contributed by atoms with E-state index in [1.165, 1.54) is 0 Å². The number of aromatic nitrogens is 1. The minimum atomic E-state index is 0.0435. The zero-order valence-electron chi connectivity index (χ0n) is 7.94. The van der Waals surface area contributed by atoms with Crippen molar-refractivity contribution in [2.45, 2.75) is 12.6 Å². The Morgan fingerprint density at radius 3 is 3.07 bits per heavy atom. The lowest BCUT2D eigenvalue weighted by atomic mass is 10.1. The molecule has 0 radical (unpaired) electrons. The molecular formula is C10H14N2O2. The predicted molar refractivity (Wildman–Crippen MR) is 51.7 cm³/mol. The summed E-state index contributed by atoms with van der Waals surface area (Å²) in [5, 5.41) is 12.2. The molecule has 2 rings (SSSR count). The van der Waals surface area contributed by atoms with E-state index in [-0.39, 0.29) is 12.6 Å². The highest BCUT2D eigenvalue weighted by Crippen LogP contribution is 2.13. The molecule has 0 spiro atoms. The Bertz CT molecular complexity index is 281. The standard InChI is InChI=1S/C10H14N2O2/c13-6-8-1-2-9(12-5-8)10-7-14-4-3-11-10/h1-2,5,10-11,13H,3-4,6-7H2/t10-/m0/s1. The molecule has 0 unspecified atom stereocenters. The Kier molecular flexibility index (Phi) is 3.08. The molecule has 0 bridgehead atoms. The third-order valence-electron chi connectivity index (χ3n) is 2.31. The topological polar surface area (TPSA) is 54.4 Å². The summed E-state index contributed by atoms with van der Waals surface area (Å²) >= 11 is 0. The Morgan fingerprint density at radius 1 is 1.57 bits per heavy atom. The summed E-state index contributed by atoms with van der Waals surface area (Å²) in [5.41, 5.74) is 1.81. The first-order valence-corrected chi connectivity index (χ1v) is 4.77. The van der Waals surface area contributed by atoms with E-state index in [1.807, 2.05) is 12.1 Å². The summed E-state index contributed by atoms with van der Waals surface area (Å²) in [6.45, 7) is 2.35. The molecule has 0 saturated carbocycles. The number of aliphatic hydroxyl groups is 1. The number of morpholine rings is 1. The SMILES string of the molecule is OCc1ccc([C@@H]2COCCN2)nc1. The summed E-state index contributed by atoms with van der Waals surface area (Å²) in [6, 6.07) is 4.01. The molecule has 14 heavy (non-hydrogen) atoms. The minimum Gasteiger partial charge on any atom is -0.392 e. The van der Waals surface area contributed by atoms with Crippen LogP contribution in [0.1, 0.15) is 17.3 Å². The van der Waals surface area contributed by atoms with Crippen LogP contribution in [0, 0.1) is 0 Å². The number of nitrogens with zero attached hydrogens (tertiary/aromatic N) is 1. The number of ether oxygens (including phenoxy) is 1. The molecular weight excluding hydrogens is 180 g/mol. The van der Waals surface area contributed by atoms with Crippen LogP contribution in [0.2, 0.25) is 0 Å². The zero-order chi connectivity index (χ0) is 9.80. The average molecular weight is 194 g/mol. The molecule has 1 aromatic heterocycles. The molecule has 0 aromatic carbocycles. The summed E-state index contributed by atoms with van der Waals surface area (Å²) in [5.74, 6) is 0. The molecule has 1 aliphatic heterocycles. The van der Waals surface area contributed by atoms with Gasteiger partial charge in [0.05, 0.1) is 31.6 Å². The van der Waals surface area contributed by atoms with Crippen LogP contribution >= 0.6 is 0 Å². The van der Waals surface area contributed by atoms with Crippen LogP contribution in [-0.2, 0) is 11.3 Å². The van der Waals surface area contributed by atoms with Crippen LogP contribution in [-0.4, -0.2) is 29.8 Å². The fourth-order valence-corrected chi connectivity index (χ4v) is 1.49. The number of pyridine rings is 1. The van der Waals surface area contributed by atoms with Gasteiger partial charge in [-0.25, -0.2) is 0 Å². The molecule has 4 heteroatoms. The zero-order valence-corrected chi connectivity index (χ0v) is 7.94. The lowest BCUT2D eigenvalue weighted by Gasteiger charge is -2.23. The van der Waals surface area contributed by atoms with Crippen molar-refractivity contribution in [1.82, 2.24) is 10.3 Å². The van der Waals surface area contributed by atoms with Crippen molar-refractivity contribution in [2.75, 3.05) is 19.8 Å². The Labute approximate surface area is 82.9 Å². The van der Waals surface area contributed by atoms with E-state index >= 15 is 0 Å². The number of nitrogens with one attached hydrogen (secondary N) is 1. The van der Waals surface area contributed by atoms with E-state index in [0.717, 1.165) is 24.4 Å². The highest BCUT2D eigenvalue weighted by molar-refractivity contribution is 5.16. The second-order valence-electron chi connectivity index (χ2n) is 3.33. The molecule has 76 valence electrons. The quantitative estimate of drug-likeness (QED) is 0.708.